The minimum Gasteiger partial charge on any atom is -0.313 e. The molecule has 0 fully saturated rings. The van der Waals surface area contributed by atoms with Crippen molar-refractivity contribution in [1.82, 2.24) is 5.32 Å². The molecule has 0 amide bonds. The van der Waals surface area contributed by atoms with Crippen LogP contribution in [0, 0.1) is 13.8 Å². The van der Waals surface area contributed by atoms with E-state index in [9.17, 15) is 8.42 Å². The molecule has 19 heavy (non-hydrogen) atoms. The summed E-state index contributed by atoms with van der Waals surface area (Å²) >= 11 is 0. The highest BCUT2D eigenvalue weighted by molar-refractivity contribution is 7.92. The highest BCUT2D eigenvalue weighted by Crippen LogP contribution is 2.22. The first kappa shape index (κ1) is 16.0. The first-order chi connectivity index (χ1) is 8.74. The van der Waals surface area contributed by atoms with Crippen LogP contribution in [0.4, 0.5) is 5.69 Å². The number of anilines is 1. The van der Waals surface area contributed by atoms with Gasteiger partial charge in [0.15, 0.2) is 0 Å². The SMILES string of the molecule is Cc1ccc(N(C)S(=O)(=O)CCNC(C)C)c(C)c1. The van der Waals surface area contributed by atoms with E-state index in [1.165, 1.54) is 4.31 Å². The minimum absolute atomic E-state index is 0.106. The summed E-state index contributed by atoms with van der Waals surface area (Å²) in [6, 6.07) is 6.08. The van der Waals surface area contributed by atoms with Crippen LogP contribution < -0.4 is 9.62 Å². The molecule has 0 aliphatic carbocycles. The van der Waals surface area contributed by atoms with Gasteiger partial charge in [0.05, 0.1) is 11.4 Å². The number of sulfonamides is 1. The van der Waals surface area contributed by atoms with Crippen LogP contribution in [0.3, 0.4) is 0 Å². The fraction of sp³-hybridized carbons (Fsp3) is 0.571. The van der Waals surface area contributed by atoms with Crippen molar-refractivity contribution in [2.75, 3.05) is 23.7 Å². The van der Waals surface area contributed by atoms with E-state index in [1.807, 2.05) is 45.9 Å². The number of hydrogen-bond acceptors (Lipinski definition) is 3. The molecule has 108 valence electrons. The summed E-state index contributed by atoms with van der Waals surface area (Å²) in [5, 5.41) is 3.13. The Morgan fingerprint density at radius 1 is 1.26 bits per heavy atom. The molecule has 0 saturated heterocycles. The Hall–Kier alpha value is -1.07. The van der Waals surface area contributed by atoms with Gasteiger partial charge in [0, 0.05) is 19.6 Å². The van der Waals surface area contributed by atoms with E-state index in [2.05, 4.69) is 5.32 Å². The third kappa shape index (κ3) is 4.51. The van der Waals surface area contributed by atoms with E-state index >= 15 is 0 Å². The van der Waals surface area contributed by atoms with Gasteiger partial charge in [-0.25, -0.2) is 8.42 Å². The molecule has 1 rings (SSSR count). The third-order valence-electron chi connectivity index (χ3n) is 3.02. The van der Waals surface area contributed by atoms with Crippen molar-refractivity contribution in [2.45, 2.75) is 33.7 Å². The molecule has 4 nitrogen and oxygen atoms in total. The lowest BCUT2D eigenvalue weighted by atomic mass is 10.1. The first-order valence-electron chi connectivity index (χ1n) is 6.51. The Bertz CT molecular complexity index is 524. The molecule has 0 saturated carbocycles. The zero-order valence-corrected chi connectivity index (χ0v) is 13.2. The summed E-state index contributed by atoms with van der Waals surface area (Å²) in [7, 11) is -1.66. The normalized spacial score (nSPS) is 11.9. The molecule has 0 spiro atoms. The van der Waals surface area contributed by atoms with Crippen molar-refractivity contribution in [1.29, 1.82) is 0 Å². The summed E-state index contributed by atoms with van der Waals surface area (Å²) < 4.78 is 25.8. The van der Waals surface area contributed by atoms with Gasteiger partial charge in [-0.05, 0) is 25.5 Å². The van der Waals surface area contributed by atoms with Crippen molar-refractivity contribution in [3.05, 3.63) is 29.3 Å². The van der Waals surface area contributed by atoms with Crippen LogP contribution >= 0.6 is 0 Å². The number of rotatable bonds is 6. The molecule has 0 heterocycles. The summed E-state index contributed by atoms with van der Waals surface area (Å²) in [4.78, 5) is 0. The van der Waals surface area contributed by atoms with Crippen molar-refractivity contribution >= 4 is 15.7 Å². The van der Waals surface area contributed by atoms with Gasteiger partial charge >= 0.3 is 0 Å². The lowest BCUT2D eigenvalue weighted by molar-refractivity contribution is 0.576. The van der Waals surface area contributed by atoms with Crippen LogP contribution in [-0.2, 0) is 10.0 Å². The molecule has 1 N–H and O–H groups in total. The average molecular weight is 284 g/mol. The van der Waals surface area contributed by atoms with E-state index in [1.54, 1.807) is 7.05 Å². The van der Waals surface area contributed by atoms with Crippen LogP contribution in [-0.4, -0.2) is 33.8 Å². The Balaban J connectivity index is 2.83. The number of nitrogens with one attached hydrogen (secondary N) is 1. The monoisotopic (exact) mass is 284 g/mol. The average Bonchev–Trinajstić information content (AvgIpc) is 2.27. The van der Waals surface area contributed by atoms with Crippen LogP contribution in [0.5, 0.6) is 0 Å². The maximum atomic E-state index is 12.2. The highest BCUT2D eigenvalue weighted by Gasteiger charge is 2.19. The maximum absolute atomic E-state index is 12.2. The van der Waals surface area contributed by atoms with Gasteiger partial charge < -0.3 is 5.32 Å². The van der Waals surface area contributed by atoms with Crippen LogP contribution in [0.2, 0.25) is 0 Å². The van der Waals surface area contributed by atoms with Gasteiger partial charge in [0.25, 0.3) is 0 Å². The topological polar surface area (TPSA) is 49.4 Å². The number of aryl methyl sites for hydroxylation is 2. The molecular formula is C14H24N2O2S. The van der Waals surface area contributed by atoms with Gasteiger partial charge in [0.2, 0.25) is 10.0 Å². The van der Waals surface area contributed by atoms with E-state index in [-0.39, 0.29) is 5.75 Å². The zero-order valence-electron chi connectivity index (χ0n) is 12.4. The van der Waals surface area contributed by atoms with Crippen LogP contribution in [0.1, 0.15) is 25.0 Å². The predicted octanol–water partition coefficient (Wildman–Crippen LogP) is 2.07. The zero-order chi connectivity index (χ0) is 14.6. The second-order valence-corrected chi connectivity index (χ2v) is 7.30. The summed E-state index contributed by atoms with van der Waals surface area (Å²) in [6.07, 6.45) is 0. The van der Waals surface area contributed by atoms with Gasteiger partial charge in [-0.1, -0.05) is 31.5 Å². The Morgan fingerprint density at radius 3 is 2.42 bits per heavy atom. The fourth-order valence-corrected chi connectivity index (χ4v) is 3.08. The molecule has 0 atom stereocenters. The summed E-state index contributed by atoms with van der Waals surface area (Å²) in [5.74, 6) is 0.106. The Kier molecular flexibility index (Phi) is 5.38. The molecule has 0 aliphatic rings. The molecule has 0 aliphatic heterocycles. The van der Waals surface area contributed by atoms with Gasteiger partial charge in [-0.3, -0.25) is 4.31 Å². The lowest BCUT2D eigenvalue weighted by Gasteiger charge is -2.22. The summed E-state index contributed by atoms with van der Waals surface area (Å²) in [5.41, 5.74) is 2.85. The number of nitrogens with zero attached hydrogens (tertiary/aromatic N) is 1. The molecule has 0 unspecified atom stereocenters. The maximum Gasteiger partial charge on any atom is 0.236 e. The third-order valence-corrected chi connectivity index (χ3v) is 4.77. The first-order valence-corrected chi connectivity index (χ1v) is 8.12. The second-order valence-electron chi connectivity index (χ2n) is 5.18. The van der Waals surface area contributed by atoms with Gasteiger partial charge in [-0.15, -0.1) is 0 Å². The van der Waals surface area contributed by atoms with Gasteiger partial charge in [0.1, 0.15) is 0 Å². The second kappa shape index (κ2) is 6.39. The standard InChI is InChI=1S/C14H24N2O2S/c1-11(2)15-8-9-19(17,18)16(5)14-7-6-12(3)10-13(14)4/h6-7,10-11,15H,8-9H2,1-5H3. The van der Waals surface area contributed by atoms with Gasteiger partial charge in [-0.2, -0.15) is 0 Å². The molecular weight excluding hydrogens is 260 g/mol. The molecule has 1 aromatic carbocycles. The fourth-order valence-electron chi connectivity index (χ4n) is 1.92. The smallest absolute Gasteiger partial charge is 0.236 e. The van der Waals surface area contributed by atoms with Crippen molar-refractivity contribution < 1.29 is 8.42 Å². The van der Waals surface area contributed by atoms with E-state index in [4.69, 9.17) is 0 Å². The van der Waals surface area contributed by atoms with Crippen molar-refractivity contribution in [2.24, 2.45) is 0 Å². The van der Waals surface area contributed by atoms with Crippen molar-refractivity contribution in [3.63, 3.8) is 0 Å². The summed E-state index contributed by atoms with van der Waals surface area (Å²) in [6.45, 7) is 8.40. The number of hydrogen-bond donors (Lipinski definition) is 1. The van der Waals surface area contributed by atoms with Crippen LogP contribution in [0.25, 0.3) is 0 Å². The Labute approximate surface area is 116 Å². The molecule has 0 radical (unpaired) electrons. The largest absolute Gasteiger partial charge is 0.313 e. The molecule has 1 aromatic rings. The number of benzene rings is 1. The minimum atomic E-state index is -3.27. The lowest BCUT2D eigenvalue weighted by Crippen LogP contribution is -2.35. The molecule has 0 bridgehead atoms. The quantitative estimate of drug-likeness (QED) is 0.870. The van der Waals surface area contributed by atoms with Crippen LogP contribution in [0.15, 0.2) is 18.2 Å². The van der Waals surface area contributed by atoms with E-state index in [0.29, 0.717) is 12.6 Å². The van der Waals surface area contributed by atoms with E-state index in [0.717, 1.165) is 16.8 Å². The van der Waals surface area contributed by atoms with Crippen molar-refractivity contribution in [3.8, 4) is 0 Å². The predicted molar refractivity (Wildman–Crippen MR) is 81.2 cm³/mol. The molecule has 5 heteroatoms. The van der Waals surface area contributed by atoms with E-state index < -0.39 is 10.0 Å². The Morgan fingerprint density at radius 2 is 1.89 bits per heavy atom. The molecule has 0 aromatic heterocycles. The highest BCUT2D eigenvalue weighted by atomic mass is 32.2.